The molecule has 1 aromatic carbocycles. The lowest BCUT2D eigenvalue weighted by Gasteiger charge is -2.07. The summed E-state index contributed by atoms with van der Waals surface area (Å²) in [5.41, 5.74) is 0.626. The van der Waals surface area contributed by atoms with Gasteiger partial charge in [-0.1, -0.05) is 20.9 Å². The molecule has 0 aliphatic carbocycles. The number of hydrogen-bond acceptors (Lipinski definition) is 4. The molecule has 0 spiro atoms. The van der Waals surface area contributed by atoms with E-state index in [1.165, 1.54) is 10.8 Å². The maximum Gasteiger partial charge on any atom is 0.434 e. The second-order valence-corrected chi connectivity index (χ2v) is 5.50. The van der Waals surface area contributed by atoms with Crippen LogP contribution in [0.15, 0.2) is 33.3 Å². The highest BCUT2D eigenvalue weighted by Gasteiger charge is 2.17. The molecular weight excluding hydrogens is 382 g/mol. The normalized spacial score (nSPS) is 10.5. The first kappa shape index (κ1) is 14.0. The van der Waals surface area contributed by atoms with Crippen LogP contribution in [0.4, 0.5) is 5.95 Å². The van der Waals surface area contributed by atoms with Gasteiger partial charge in [0.25, 0.3) is 0 Å². The summed E-state index contributed by atoms with van der Waals surface area (Å²) in [6, 6.07) is 5.52. The molecule has 8 heteroatoms. The second-order valence-electron chi connectivity index (χ2n) is 3.73. The van der Waals surface area contributed by atoms with Crippen molar-refractivity contribution < 1.29 is 9.66 Å². The molecule has 0 fully saturated rings. The van der Waals surface area contributed by atoms with Crippen LogP contribution in [0.25, 0.3) is 0 Å². The maximum absolute atomic E-state index is 10.7. The SMILES string of the molecule is Cn1c(COc2ccc(Br)cc2Br)cnc1[N+](=O)[O-]. The zero-order chi connectivity index (χ0) is 14.0. The van der Waals surface area contributed by atoms with Crippen LogP contribution in [0.2, 0.25) is 0 Å². The highest BCUT2D eigenvalue weighted by atomic mass is 79.9. The lowest BCUT2D eigenvalue weighted by molar-refractivity contribution is -0.396. The van der Waals surface area contributed by atoms with Crippen molar-refractivity contribution in [1.29, 1.82) is 0 Å². The zero-order valence-corrected chi connectivity index (χ0v) is 13.0. The number of nitro groups is 1. The van der Waals surface area contributed by atoms with E-state index in [0.29, 0.717) is 11.4 Å². The molecule has 1 aromatic heterocycles. The molecule has 1 heterocycles. The summed E-state index contributed by atoms with van der Waals surface area (Å²) in [4.78, 5) is 13.9. The Hall–Kier alpha value is -1.41. The molecule has 0 N–H and O–H groups in total. The van der Waals surface area contributed by atoms with Crippen molar-refractivity contribution in [2.75, 3.05) is 0 Å². The van der Waals surface area contributed by atoms with Gasteiger partial charge in [-0.25, -0.2) is 4.57 Å². The van der Waals surface area contributed by atoms with Crippen LogP contribution in [0.1, 0.15) is 5.69 Å². The first-order valence-corrected chi connectivity index (χ1v) is 6.80. The van der Waals surface area contributed by atoms with Gasteiger partial charge >= 0.3 is 5.95 Å². The molecule has 100 valence electrons. The molecule has 0 saturated carbocycles. The Morgan fingerprint density at radius 3 is 2.79 bits per heavy atom. The minimum absolute atomic E-state index is 0.200. The van der Waals surface area contributed by atoms with Crippen molar-refractivity contribution >= 4 is 37.8 Å². The Morgan fingerprint density at radius 2 is 2.21 bits per heavy atom. The fraction of sp³-hybridized carbons (Fsp3) is 0.182. The van der Waals surface area contributed by atoms with Gasteiger partial charge < -0.3 is 14.9 Å². The molecule has 0 atom stereocenters. The average molecular weight is 391 g/mol. The fourth-order valence-corrected chi connectivity index (χ4v) is 2.64. The third-order valence-electron chi connectivity index (χ3n) is 2.49. The largest absolute Gasteiger partial charge is 0.485 e. The monoisotopic (exact) mass is 389 g/mol. The van der Waals surface area contributed by atoms with Crippen LogP contribution in [0.5, 0.6) is 5.75 Å². The zero-order valence-electron chi connectivity index (χ0n) is 9.84. The number of aromatic nitrogens is 2. The predicted molar refractivity (Wildman–Crippen MR) is 76.0 cm³/mol. The number of halogens is 2. The molecule has 19 heavy (non-hydrogen) atoms. The molecule has 0 amide bonds. The molecule has 2 aromatic rings. The van der Waals surface area contributed by atoms with E-state index in [9.17, 15) is 10.1 Å². The Balaban J connectivity index is 2.12. The lowest BCUT2D eigenvalue weighted by Crippen LogP contribution is -2.05. The number of hydrogen-bond donors (Lipinski definition) is 0. The van der Waals surface area contributed by atoms with Crippen LogP contribution in [-0.2, 0) is 13.7 Å². The highest BCUT2D eigenvalue weighted by Crippen LogP contribution is 2.28. The number of ether oxygens (including phenoxy) is 1. The third kappa shape index (κ3) is 3.13. The van der Waals surface area contributed by atoms with Gasteiger partial charge in [-0.3, -0.25) is 0 Å². The Labute approximate surface area is 125 Å². The van der Waals surface area contributed by atoms with Crippen molar-refractivity contribution in [3.63, 3.8) is 0 Å². The van der Waals surface area contributed by atoms with Crippen molar-refractivity contribution in [3.8, 4) is 5.75 Å². The van der Waals surface area contributed by atoms with Gasteiger partial charge in [0.15, 0.2) is 5.69 Å². The van der Waals surface area contributed by atoms with Crippen molar-refractivity contribution in [2.24, 2.45) is 7.05 Å². The fourth-order valence-electron chi connectivity index (χ4n) is 1.48. The number of rotatable bonds is 4. The molecule has 0 aliphatic heterocycles. The van der Waals surface area contributed by atoms with E-state index in [0.717, 1.165) is 8.95 Å². The van der Waals surface area contributed by atoms with Gasteiger partial charge in [-0.2, -0.15) is 0 Å². The maximum atomic E-state index is 10.7. The molecule has 0 radical (unpaired) electrons. The van der Waals surface area contributed by atoms with Crippen LogP contribution in [0, 0.1) is 10.1 Å². The average Bonchev–Trinajstić information content (AvgIpc) is 2.70. The Morgan fingerprint density at radius 1 is 1.47 bits per heavy atom. The van der Waals surface area contributed by atoms with Crippen LogP contribution >= 0.6 is 31.9 Å². The van der Waals surface area contributed by atoms with E-state index in [4.69, 9.17) is 4.74 Å². The summed E-state index contributed by atoms with van der Waals surface area (Å²) in [6.07, 6.45) is 1.44. The number of nitrogens with zero attached hydrogens (tertiary/aromatic N) is 3. The predicted octanol–water partition coefficient (Wildman–Crippen LogP) is 3.43. The smallest absolute Gasteiger partial charge is 0.434 e. The van der Waals surface area contributed by atoms with Crippen LogP contribution in [0.3, 0.4) is 0 Å². The van der Waals surface area contributed by atoms with Gasteiger partial charge in [0.1, 0.15) is 18.6 Å². The third-order valence-corrected chi connectivity index (χ3v) is 3.61. The van der Waals surface area contributed by atoms with Gasteiger partial charge in [0.05, 0.1) is 11.5 Å². The van der Waals surface area contributed by atoms with E-state index in [1.807, 2.05) is 12.1 Å². The van der Waals surface area contributed by atoms with Crippen molar-refractivity contribution in [1.82, 2.24) is 9.55 Å². The highest BCUT2D eigenvalue weighted by molar-refractivity contribution is 9.11. The van der Waals surface area contributed by atoms with Gasteiger partial charge in [0.2, 0.25) is 0 Å². The summed E-state index contributed by atoms with van der Waals surface area (Å²) in [7, 11) is 1.58. The van der Waals surface area contributed by atoms with E-state index in [1.54, 1.807) is 13.1 Å². The molecule has 0 aliphatic rings. The Kier molecular flexibility index (Phi) is 4.20. The van der Waals surface area contributed by atoms with E-state index >= 15 is 0 Å². The van der Waals surface area contributed by atoms with E-state index < -0.39 is 4.92 Å². The van der Waals surface area contributed by atoms with Crippen LogP contribution < -0.4 is 4.74 Å². The molecule has 0 bridgehead atoms. The first-order chi connectivity index (χ1) is 8.99. The van der Waals surface area contributed by atoms with E-state index in [-0.39, 0.29) is 12.6 Å². The summed E-state index contributed by atoms with van der Waals surface area (Å²) in [6.45, 7) is 0.206. The summed E-state index contributed by atoms with van der Waals surface area (Å²) in [5, 5.41) is 10.7. The van der Waals surface area contributed by atoms with Gasteiger partial charge in [-0.15, -0.1) is 0 Å². The molecule has 6 nitrogen and oxygen atoms in total. The van der Waals surface area contributed by atoms with Gasteiger partial charge in [-0.05, 0) is 39.1 Å². The first-order valence-electron chi connectivity index (χ1n) is 5.22. The minimum atomic E-state index is -0.529. The molecular formula is C11H9Br2N3O3. The molecule has 0 unspecified atom stereocenters. The lowest BCUT2D eigenvalue weighted by atomic mass is 10.3. The quantitative estimate of drug-likeness (QED) is 0.592. The van der Waals surface area contributed by atoms with E-state index in [2.05, 4.69) is 36.8 Å². The minimum Gasteiger partial charge on any atom is -0.485 e. The summed E-state index contributed by atoms with van der Waals surface area (Å²) < 4.78 is 8.73. The molecule has 0 saturated heterocycles. The number of imidazole rings is 1. The van der Waals surface area contributed by atoms with Crippen LogP contribution in [-0.4, -0.2) is 14.5 Å². The van der Waals surface area contributed by atoms with Crippen molar-refractivity contribution in [3.05, 3.63) is 49.1 Å². The van der Waals surface area contributed by atoms with Gasteiger partial charge in [0, 0.05) is 4.47 Å². The second kappa shape index (κ2) is 5.70. The standard InChI is InChI=1S/C11H9Br2N3O3/c1-15-8(5-14-11(15)16(17)18)6-19-10-3-2-7(12)4-9(10)13/h2-5H,6H2,1H3. The number of benzene rings is 1. The topological polar surface area (TPSA) is 70.2 Å². The Bertz CT molecular complexity index is 628. The summed E-state index contributed by atoms with van der Waals surface area (Å²) in [5.74, 6) is 0.459. The van der Waals surface area contributed by atoms with Crippen molar-refractivity contribution in [2.45, 2.75) is 6.61 Å². The summed E-state index contributed by atoms with van der Waals surface area (Å²) >= 11 is 6.73. The molecule has 2 rings (SSSR count).